The van der Waals surface area contributed by atoms with Crippen molar-refractivity contribution in [3.8, 4) is 11.3 Å². The van der Waals surface area contributed by atoms with Crippen molar-refractivity contribution >= 4 is 28.5 Å². The number of aliphatic carboxylic acids is 1. The monoisotopic (exact) mass is 603 g/mol. The number of aromatic nitrogens is 3. The molecule has 4 aromatic rings. The van der Waals surface area contributed by atoms with Gasteiger partial charge in [0, 0.05) is 42.5 Å². The topological polar surface area (TPSA) is 126 Å². The first kappa shape index (κ1) is 31.1. The molecule has 0 saturated carbocycles. The number of fused-ring (bicyclic) bond motifs is 1. The van der Waals surface area contributed by atoms with Gasteiger partial charge in [-0.2, -0.15) is 13.2 Å². The fourth-order valence-electron chi connectivity index (χ4n) is 4.68. The number of carbonyl (C=O) groups is 2. The molecule has 0 bridgehead atoms. The van der Waals surface area contributed by atoms with Crippen molar-refractivity contribution < 1.29 is 36.6 Å². The zero-order chi connectivity index (χ0) is 31.6. The molecule has 1 amide bonds. The zero-order valence-corrected chi connectivity index (χ0v) is 23.1. The summed E-state index contributed by atoms with van der Waals surface area (Å²) in [5.41, 5.74) is -0.235. The molecule has 0 saturated heterocycles. The quantitative estimate of drug-likeness (QED) is 0.236. The smallest absolute Gasteiger partial charge is 0.408 e. The molecule has 2 atom stereocenters. The van der Waals surface area contributed by atoms with Gasteiger partial charge in [-0.3, -0.25) is 14.6 Å². The molecule has 2 aromatic carbocycles. The number of carboxylic acid groups (broad SMARTS) is 1. The van der Waals surface area contributed by atoms with E-state index in [1.54, 1.807) is 38.4 Å². The van der Waals surface area contributed by atoms with E-state index in [9.17, 15) is 41.4 Å². The summed E-state index contributed by atoms with van der Waals surface area (Å²) < 4.78 is 70.2. The van der Waals surface area contributed by atoms with Crippen molar-refractivity contribution in [2.45, 2.75) is 44.9 Å². The van der Waals surface area contributed by atoms with Gasteiger partial charge in [-0.1, -0.05) is 25.1 Å². The van der Waals surface area contributed by atoms with Crippen LogP contribution in [0.3, 0.4) is 0 Å². The summed E-state index contributed by atoms with van der Waals surface area (Å²) >= 11 is 0. The number of amides is 1. The van der Waals surface area contributed by atoms with E-state index < -0.39 is 59.4 Å². The van der Waals surface area contributed by atoms with Crippen molar-refractivity contribution in [1.82, 2.24) is 19.9 Å². The van der Waals surface area contributed by atoms with Crippen LogP contribution in [0.5, 0.6) is 0 Å². The van der Waals surface area contributed by atoms with Gasteiger partial charge >= 0.3 is 12.1 Å². The molecule has 2 aromatic heterocycles. The van der Waals surface area contributed by atoms with Gasteiger partial charge in [0.25, 0.3) is 11.5 Å². The van der Waals surface area contributed by atoms with Crippen LogP contribution in [-0.4, -0.2) is 49.8 Å². The van der Waals surface area contributed by atoms with E-state index in [0.717, 1.165) is 0 Å². The Bertz CT molecular complexity index is 1750. The largest absolute Gasteiger partial charge is 0.480 e. The molecule has 14 heteroatoms. The summed E-state index contributed by atoms with van der Waals surface area (Å²) in [5.74, 6) is -5.89. The molecule has 0 aliphatic heterocycles. The highest BCUT2D eigenvalue weighted by Crippen LogP contribution is 2.29. The number of hydrogen-bond donors (Lipinski definition) is 3. The summed E-state index contributed by atoms with van der Waals surface area (Å²) in [5, 5.41) is 14.4. The van der Waals surface area contributed by atoms with Gasteiger partial charge in [-0.05, 0) is 37.1 Å². The van der Waals surface area contributed by atoms with Crippen LogP contribution in [-0.2, 0) is 18.3 Å². The van der Waals surface area contributed by atoms with Gasteiger partial charge < -0.3 is 20.3 Å². The van der Waals surface area contributed by atoms with Gasteiger partial charge in [0.2, 0.25) is 0 Å². The van der Waals surface area contributed by atoms with E-state index in [-0.39, 0.29) is 17.7 Å². The molecule has 3 N–H and O–H groups in total. The molecule has 2 heterocycles. The Morgan fingerprint density at radius 1 is 1.12 bits per heavy atom. The highest BCUT2D eigenvalue weighted by Gasteiger charge is 2.38. The lowest BCUT2D eigenvalue weighted by molar-refractivity contribution is -0.143. The summed E-state index contributed by atoms with van der Waals surface area (Å²) in [6.45, 7) is 2.95. The number of aryl methyl sites for hydroxylation is 2. The molecule has 0 spiro atoms. The normalized spacial score (nSPS) is 13.0. The summed E-state index contributed by atoms with van der Waals surface area (Å²) in [7, 11) is 1.57. The van der Waals surface area contributed by atoms with Crippen LogP contribution < -0.4 is 16.2 Å². The van der Waals surface area contributed by atoms with Crippen LogP contribution >= 0.6 is 0 Å². The average molecular weight is 604 g/mol. The minimum atomic E-state index is -4.68. The molecule has 0 radical (unpaired) electrons. The van der Waals surface area contributed by atoms with Crippen LogP contribution in [0.2, 0.25) is 0 Å². The lowest BCUT2D eigenvalue weighted by atomic mass is 9.97. The molecule has 226 valence electrons. The van der Waals surface area contributed by atoms with Crippen LogP contribution in [0.4, 0.5) is 27.6 Å². The number of nitrogens with one attached hydrogen (secondary N) is 2. The molecule has 9 nitrogen and oxygen atoms in total. The van der Waals surface area contributed by atoms with E-state index in [2.05, 4.69) is 15.3 Å². The Kier molecular flexibility index (Phi) is 8.78. The Morgan fingerprint density at radius 2 is 1.79 bits per heavy atom. The minimum Gasteiger partial charge on any atom is -0.480 e. The van der Waals surface area contributed by atoms with Gasteiger partial charge in [0.1, 0.15) is 35.0 Å². The van der Waals surface area contributed by atoms with E-state index in [4.69, 9.17) is 0 Å². The lowest BCUT2D eigenvalue weighted by Crippen LogP contribution is -2.43. The number of benzene rings is 2. The highest BCUT2D eigenvalue weighted by molar-refractivity contribution is 5.98. The molecule has 0 aliphatic carbocycles. The SMILES string of the molecule is CC[C@@H](Nc1cc(F)c(C(=O)N[C@@H](Cc2ccc(-c3nc(C)cn(C)c3=O)c3ncccc23)C(=O)O)c(F)c1)C(F)(F)F. The maximum Gasteiger partial charge on any atom is 0.408 e. The van der Waals surface area contributed by atoms with Crippen LogP contribution in [0.25, 0.3) is 22.2 Å². The van der Waals surface area contributed by atoms with Gasteiger partial charge in [0.05, 0.1) is 11.2 Å². The van der Waals surface area contributed by atoms with Crippen LogP contribution in [0.1, 0.15) is 35.0 Å². The second-order valence-electron chi connectivity index (χ2n) is 9.85. The van der Waals surface area contributed by atoms with Gasteiger partial charge in [0.15, 0.2) is 0 Å². The van der Waals surface area contributed by atoms with Crippen molar-refractivity contribution in [3.63, 3.8) is 0 Å². The third-order valence-electron chi connectivity index (χ3n) is 6.75. The lowest BCUT2D eigenvalue weighted by Gasteiger charge is -2.22. The van der Waals surface area contributed by atoms with E-state index in [0.29, 0.717) is 39.9 Å². The number of nitrogens with zero attached hydrogens (tertiary/aromatic N) is 3. The minimum absolute atomic E-state index is 0.130. The molecule has 4 rings (SSSR count). The highest BCUT2D eigenvalue weighted by atomic mass is 19.4. The van der Waals surface area contributed by atoms with Crippen LogP contribution in [0.15, 0.2) is 53.6 Å². The van der Waals surface area contributed by atoms with E-state index in [1.165, 1.54) is 23.8 Å². The maximum absolute atomic E-state index is 14.8. The first-order valence-electron chi connectivity index (χ1n) is 13.0. The Labute approximate surface area is 241 Å². The standard InChI is InChI=1S/C29H26F5N5O4/c1-4-22(29(32,33)34)37-16-11-19(30)23(20(31)12-16)26(40)38-21(28(42)43)10-15-7-8-18(24-17(15)6-5-9-35-24)25-27(41)39(3)13-14(2)36-25/h5-9,11-13,21-22,37H,4,10H2,1-3H3,(H,38,40)(H,42,43)/t21-,22+/m0/s1. The molecular formula is C29H26F5N5O4. The van der Waals surface area contributed by atoms with E-state index in [1.807, 2.05) is 5.32 Å². The van der Waals surface area contributed by atoms with Crippen molar-refractivity contribution in [3.05, 3.63) is 87.6 Å². The van der Waals surface area contributed by atoms with Crippen molar-refractivity contribution in [1.29, 1.82) is 0 Å². The molecule has 0 fully saturated rings. The Morgan fingerprint density at radius 3 is 2.40 bits per heavy atom. The van der Waals surface area contributed by atoms with E-state index >= 15 is 0 Å². The average Bonchev–Trinajstić information content (AvgIpc) is 2.92. The number of carboxylic acids is 1. The maximum atomic E-state index is 14.8. The zero-order valence-electron chi connectivity index (χ0n) is 23.1. The number of hydrogen-bond acceptors (Lipinski definition) is 6. The molecule has 0 unspecified atom stereocenters. The van der Waals surface area contributed by atoms with Gasteiger partial charge in [-0.25, -0.2) is 18.6 Å². The van der Waals surface area contributed by atoms with Gasteiger partial charge in [-0.15, -0.1) is 0 Å². The number of anilines is 1. The summed E-state index contributed by atoms with van der Waals surface area (Å²) in [6, 6.07) is 3.63. The first-order valence-corrected chi connectivity index (χ1v) is 13.0. The number of halogens is 5. The molecule has 0 aliphatic rings. The predicted octanol–water partition coefficient (Wildman–Crippen LogP) is 4.76. The van der Waals surface area contributed by atoms with Crippen molar-refractivity contribution in [2.24, 2.45) is 7.05 Å². The fourth-order valence-corrected chi connectivity index (χ4v) is 4.68. The number of pyridine rings is 1. The third kappa shape index (κ3) is 6.63. The summed E-state index contributed by atoms with van der Waals surface area (Å²) in [6.07, 6.45) is -2.39. The Balaban J connectivity index is 1.64. The number of rotatable bonds is 9. The number of alkyl halides is 3. The molecule has 43 heavy (non-hydrogen) atoms. The number of carbonyl (C=O) groups excluding carboxylic acids is 1. The molecular weight excluding hydrogens is 577 g/mol. The second-order valence-corrected chi connectivity index (χ2v) is 9.85. The van der Waals surface area contributed by atoms with Crippen LogP contribution in [0, 0.1) is 18.6 Å². The van der Waals surface area contributed by atoms with Crippen molar-refractivity contribution in [2.75, 3.05) is 5.32 Å². The summed E-state index contributed by atoms with van der Waals surface area (Å²) in [4.78, 5) is 46.4. The fraction of sp³-hybridized carbons (Fsp3) is 0.276. The second kappa shape index (κ2) is 12.2. The Hall–Kier alpha value is -4.88. The third-order valence-corrected chi connectivity index (χ3v) is 6.75. The predicted molar refractivity (Wildman–Crippen MR) is 148 cm³/mol. The first-order chi connectivity index (χ1) is 20.2.